The Morgan fingerprint density at radius 3 is 2.33 bits per heavy atom. The summed E-state index contributed by atoms with van der Waals surface area (Å²) in [5.74, 6) is 0. The minimum Gasteiger partial charge on any atom is -0.161 e. The third-order valence-electron chi connectivity index (χ3n) is 0.953. The van der Waals surface area contributed by atoms with Crippen molar-refractivity contribution >= 4 is 8.03 Å². The van der Waals surface area contributed by atoms with Crippen LogP contribution >= 0.6 is 8.03 Å². The second-order valence-corrected chi connectivity index (χ2v) is 2.93. The molecule has 1 unspecified atom stereocenters. The molecule has 0 aliphatic heterocycles. The molecule has 0 saturated carbocycles. The summed E-state index contributed by atoms with van der Waals surface area (Å²) in [5, 5.41) is 0. The Kier molecular flexibility index (Phi) is 11.7. The van der Waals surface area contributed by atoms with Gasteiger partial charge in [-0.3, -0.25) is 0 Å². The Balaban J connectivity index is 0. The van der Waals surface area contributed by atoms with Gasteiger partial charge < -0.3 is 0 Å². The molecule has 4 heteroatoms. The molecule has 0 radical (unpaired) electrons. The average molecular weight is 187 g/mol. The summed E-state index contributed by atoms with van der Waals surface area (Å²) in [5.41, 5.74) is 0. The van der Waals surface area contributed by atoms with Crippen LogP contribution < -0.4 is 0 Å². The molecule has 0 aliphatic carbocycles. The maximum atomic E-state index is 10.0. The summed E-state index contributed by atoms with van der Waals surface area (Å²) in [6, 6.07) is 0. The van der Waals surface area contributed by atoms with Crippen molar-refractivity contribution in [2.45, 2.75) is 26.2 Å². The number of rotatable bonds is 4. The van der Waals surface area contributed by atoms with Gasteiger partial charge in [0, 0.05) is 17.4 Å². The normalized spacial score (nSPS) is 10.2. The molecular weight excluding hydrogens is 175 g/mol. The van der Waals surface area contributed by atoms with Gasteiger partial charge in [-0.1, -0.05) is 13.3 Å². The zero-order chi connectivity index (χ0) is 6.41. The Bertz CT molecular complexity index is 77.4. The first-order chi connectivity index (χ1) is 3.77. The molecule has 1 N–H and O–H groups in total. The molecule has 0 spiro atoms. The fourth-order valence-corrected chi connectivity index (χ4v) is 0.991. The standard InChI is InChI=1S/C5H11O2P.Cr/c1-2-3-4-5-8(6)7;/h2-5H2,1H3;/p+1. The fraction of sp³-hybridized carbons (Fsp3) is 1.00. The van der Waals surface area contributed by atoms with Crippen molar-refractivity contribution < 1.29 is 26.8 Å². The summed E-state index contributed by atoms with van der Waals surface area (Å²) in [6.07, 6.45) is 3.55. The fourth-order valence-electron chi connectivity index (χ4n) is 0.497. The van der Waals surface area contributed by atoms with Crippen molar-refractivity contribution in [1.82, 2.24) is 0 Å². The molecule has 54 valence electrons. The number of hydrogen-bond acceptors (Lipinski definition) is 1. The molecule has 9 heavy (non-hydrogen) atoms. The van der Waals surface area contributed by atoms with Crippen molar-refractivity contribution in [2.24, 2.45) is 0 Å². The quantitative estimate of drug-likeness (QED) is 0.539. The molecule has 0 aromatic carbocycles. The predicted octanol–water partition coefficient (Wildman–Crippen LogP) is 1.91. The van der Waals surface area contributed by atoms with Gasteiger partial charge in [-0.05, 0) is 17.4 Å². The Hall–Kier alpha value is 0.592. The third kappa shape index (κ3) is 11.9. The van der Waals surface area contributed by atoms with E-state index < -0.39 is 8.03 Å². The van der Waals surface area contributed by atoms with Crippen LogP contribution in [0.25, 0.3) is 0 Å². The van der Waals surface area contributed by atoms with Crippen LogP contribution in [-0.2, 0) is 21.9 Å². The van der Waals surface area contributed by atoms with E-state index in [1.165, 1.54) is 0 Å². The molecule has 0 saturated heterocycles. The van der Waals surface area contributed by atoms with Gasteiger partial charge in [0.1, 0.15) is 0 Å². The molecule has 0 aromatic heterocycles. The Morgan fingerprint density at radius 2 is 2.00 bits per heavy atom. The van der Waals surface area contributed by atoms with Crippen LogP contribution in [0, 0.1) is 0 Å². The van der Waals surface area contributed by atoms with Crippen molar-refractivity contribution in [3.63, 3.8) is 0 Å². The first kappa shape index (κ1) is 12.3. The van der Waals surface area contributed by atoms with Gasteiger partial charge in [0.05, 0.1) is 0 Å². The largest absolute Gasteiger partial charge is 0.505 e. The van der Waals surface area contributed by atoms with Gasteiger partial charge >= 0.3 is 8.03 Å². The van der Waals surface area contributed by atoms with Gasteiger partial charge in [0.25, 0.3) is 0 Å². The SMILES string of the molecule is CCCCC[P+](=O)O.[Cr]. The van der Waals surface area contributed by atoms with E-state index in [0.717, 1.165) is 19.3 Å². The van der Waals surface area contributed by atoms with E-state index in [1.54, 1.807) is 0 Å². The van der Waals surface area contributed by atoms with Gasteiger partial charge in [-0.2, -0.15) is 4.89 Å². The average Bonchev–Trinajstić information content (AvgIpc) is 1.66. The van der Waals surface area contributed by atoms with E-state index >= 15 is 0 Å². The first-order valence-electron chi connectivity index (χ1n) is 2.91. The van der Waals surface area contributed by atoms with Crippen molar-refractivity contribution in [3.8, 4) is 0 Å². The van der Waals surface area contributed by atoms with E-state index in [2.05, 4.69) is 6.92 Å². The molecule has 0 rings (SSSR count). The maximum absolute atomic E-state index is 10.0. The molecule has 0 aliphatic rings. The van der Waals surface area contributed by atoms with Crippen molar-refractivity contribution in [3.05, 3.63) is 0 Å². The zero-order valence-corrected chi connectivity index (χ0v) is 7.71. The minimum atomic E-state index is -1.86. The van der Waals surface area contributed by atoms with E-state index in [0.29, 0.717) is 6.16 Å². The first-order valence-corrected chi connectivity index (χ1v) is 4.30. The monoisotopic (exact) mass is 187 g/mol. The molecular formula is C5H12CrO2P+. The Labute approximate surface area is 67.7 Å². The molecule has 0 heterocycles. The zero-order valence-electron chi connectivity index (χ0n) is 5.54. The molecule has 2 nitrogen and oxygen atoms in total. The summed E-state index contributed by atoms with van der Waals surface area (Å²) < 4.78 is 10.0. The van der Waals surface area contributed by atoms with Crippen LogP contribution in [0.5, 0.6) is 0 Å². The van der Waals surface area contributed by atoms with Gasteiger partial charge in [-0.15, -0.1) is 0 Å². The van der Waals surface area contributed by atoms with Gasteiger partial charge in [0.2, 0.25) is 0 Å². The minimum absolute atomic E-state index is 0. The second kappa shape index (κ2) is 8.59. The molecule has 0 aromatic rings. The van der Waals surface area contributed by atoms with Crippen LogP contribution in [0.1, 0.15) is 26.2 Å². The number of unbranched alkanes of at least 4 members (excludes halogenated alkanes) is 2. The number of hydrogen-bond donors (Lipinski definition) is 1. The third-order valence-corrected chi connectivity index (χ3v) is 1.65. The van der Waals surface area contributed by atoms with Gasteiger partial charge in [0.15, 0.2) is 6.16 Å². The summed E-state index contributed by atoms with van der Waals surface area (Å²) >= 11 is 0. The van der Waals surface area contributed by atoms with E-state index in [4.69, 9.17) is 4.89 Å². The topological polar surface area (TPSA) is 37.3 Å². The van der Waals surface area contributed by atoms with E-state index in [9.17, 15) is 4.57 Å². The maximum Gasteiger partial charge on any atom is 0.505 e. The van der Waals surface area contributed by atoms with Crippen LogP contribution in [0.4, 0.5) is 0 Å². The van der Waals surface area contributed by atoms with Crippen LogP contribution in [-0.4, -0.2) is 11.1 Å². The van der Waals surface area contributed by atoms with E-state index in [-0.39, 0.29) is 17.4 Å². The smallest absolute Gasteiger partial charge is 0.161 e. The van der Waals surface area contributed by atoms with Crippen LogP contribution in [0.15, 0.2) is 0 Å². The summed E-state index contributed by atoms with van der Waals surface area (Å²) in [7, 11) is -1.86. The molecule has 1 atom stereocenters. The van der Waals surface area contributed by atoms with Crippen molar-refractivity contribution in [1.29, 1.82) is 0 Å². The van der Waals surface area contributed by atoms with Crippen molar-refractivity contribution in [2.75, 3.05) is 6.16 Å². The van der Waals surface area contributed by atoms with E-state index in [1.807, 2.05) is 0 Å². The summed E-state index contributed by atoms with van der Waals surface area (Å²) in [6.45, 7) is 2.07. The van der Waals surface area contributed by atoms with Gasteiger partial charge in [-0.25, -0.2) is 0 Å². The predicted molar refractivity (Wildman–Crippen MR) is 34.2 cm³/mol. The second-order valence-electron chi connectivity index (χ2n) is 1.78. The molecule has 0 amide bonds. The molecule has 0 fully saturated rings. The molecule has 0 bridgehead atoms. The summed E-state index contributed by atoms with van der Waals surface area (Å²) in [4.78, 5) is 8.29. The Morgan fingerprint density at radius 1 is 1.44 bits per heavy atom. The van der Waals surface area contributed by atoms with Crippen LogP contribution in [0.2, 0.25) is 0 Å². The van der Waals surface area contributed by atoms with Crippen LogP contribution in [0.3, 0.4) is 0 Å².